The summed E-state index contributed by atoms with van der Waals surface area (Å²) < 4.78 is 10.9. The summed E-state index contributed by atoms with van der Waals surface area (Å²) in [6, 6.07) is 3.64. The molecule has 0 unspecified atom stereocenters. The van der Waals surface area contributed by atoms with Crippen molar-refractivity contribution in [2.75, 3.05) is 59.1 Å². The third kappa shape index (κ3) is 6.45. The number of carbonyl (C=O) groups excluding carboxylic acids is 2. The van der Waals surface area contributed by atoms with Crippen molar-refractivity contribution < 1.29 is 19.1 Å². The largest absolute Gasteiger partial charge is 0.490 e. The first kappa shape index (κ1) is 20.5. The lowest BCUT2D eigenvalue weighted by molar-refractivity contribution is -0.138. The number of piperidine rings is 1. The van der Waals surface area contributed by atoms with Gasteiger partial charge in [-0.15, -0.1) is 0 Å². The summed E-state index contributed by atoms with van der Waals surface area (Å²) in [5, 5.41) is 2.92. The highest BCUT2D eigenvalue weighted by atomic mass is 16.5. The molecule has 0 spiro atoms. The summed E-state index contributed by atoms with van der Waals surface area (Å²) in [5.74, 6) is 0.706. The number of aromatic nitrogens is 1. The van der Waals surface area contributed by atoms with Gasteiger partial charge in [0.1, 0.15) is 12.4 Å². The number of nitrogens with zero attached hydrogens (tertiary/aromatic N) is 3. The molecule has 0 bridgehead atoms. The lowest BCUT2D eigenvalue weighted by Crippen LogP contribution is -2.47. The third-order valence-electron chi connectivity index (χ3n) is 5.18. The van der Waals surface area contributed by atoms with Gasteiger partial charge in [-0.2, -0.15) is 0 Å². The Morgan fingerprint density at radius 1 is 1.32 bits per heavy atom. The summed E-state index contributed by atoms with van der Waals surface area (Å²) in [6.07, 6.45) is 5.32. The molecule has 1 atom stereocenters. The van der Waals surface area contributed by atoms with Crippen LogP contribution in [0, 0.1) is 5.92 Å². The zero-order valence-corrected chi connectivity index (χ0v) is 16.3. The second-order valence-corrected chi connectivity index (χ2v) is 7.21. The number of pyridine rings is 1. The Morgan fingerprint density at radius 2 is 2.18 bits per heavy atom. The molecule has 0 aliphatic carbocycles. The first-order chi connectivity index (χ1) is 13.7. The molecule has 2 aliphatic rings. The summed E-state index contributed by atoms with van der Waals surface area (Å²) in [4.78, 5) is 32.8. The second kappa shape index (κ2) is 11.0. The Balaban J connectivity index is 1.34. The van der Waals surface area contributed by atoms with Crippen molar-refractivity contribution >= 4 is 11.8 Å². The maximum Gasteiger partial charge on any atom is 0.225 e. The topological polar surface area (TPSA) is 84.0 Å². The van der Waals surface area contributed by atoms with E-state index in [-0.39, 0.29) is 17.7 Å². The Kier molecular flexibility index (Phi) is 8.05. The fourth-order valence-electron chi connectivity index (χ4n) is 3.57. The van der Waals surface area contributed by atoms with Crippen molar-refractivity contribution in [1.29, 1.82) is 0 Å². The molecular weight excluding hydrogens is 360 g/mol. The van der Waals surface area contributed by atoms with Crippen molar-refractivity contribution in [3.05, 3.63) is 24.5 Å². The molecule has 154 valence electrons. The van der Waals surface area contributed by atoms with Crippen LogP contribution in [0.2, 0.25) is 0 Å². The number of carbonyl (C=O) groups is 2. The van der Waals surface area contributed by atoms with E-state index in [2.05, 4.69) is 15.2 Å². The van der Waals surface area contributed by atoms with Crippen molar-refractivity contribution in [2.24, 2.45) is 5.92 Å². The van der Waals surface area contributed by atoms with E-state index >= 15 is 0 Å². The zero-order valence-electron chi connectivity index (χ0n) is 16.3. The van der Waals surface area contributed by atoms with E-state index in [4.69, 9.17) is 9.47 Å². The van der Waals surface area contributed by atoms with Crippen LogP contribution in [0.4, 0.5) is 0 Å². The molecule has 8 nitrogen and oxygen atoms in total. The van der Waals surface area contributed by atoms with Crippen LogP contribution in [0.1, 0.15) is 19.3 Å². The quantitative estimate of drug-likeness (QED) is 0.620. The highest BCUT2D eigenvalue weighted by Gasteiger charge is 2.29. The molecule has 1 aromatic heterocycles. The predicted molar refractivity (Wildman–Crippen MR) is 104 cm³/mol. The SMILES string of the molecule is O=C(NCCOc1cccnc1)[C@@H]1CCC(=O)N(CCCN2CCOCC2)C1. The molecule has 1 aromatic rings. The molecule has 0 aromatic carbocycles. The van der Waals surface area contributed by atoms with Crippen LogP contribution >= 0.6 is 0 Å². The van der Waals surface area contributed by atoms with Crippen molar-refractivity contribution in [3.8, 4) is 5.75 Å². The van der Waals surface area contributed by atoms with E-state index < -0.39 is 0 Å². The van der Waals surface area contributed by atoms with Crippen molar-refractivity contribution in [1.82, 2.24) is 20.1 Å². The van der Waals surface area contributed by atoms with Crippen molar-refractivity contribution in [3.63, 3.8) is 0 Å². The standard InChI is InChI=1S/C20H30N4O4/c25-19-5-4-17(16-24(19)9-2-8-23-10-13-27-14-11-23)20(26)22-7-12-28-18-3-1-6-21-15-18/h1,3,6,15,17H,2,4-5,7-14,16H2,(H,22,26)/t17-/m1/s1. The van der Waals surface area contributed by atoms with Gasteiger partial charge in [-0.1, -0.05) is 0 Å². The van der Waals surface area contributed by atoms with Gasteiger partial charge in [0.2, 0.25) is 11.8 Å². The number of morpholine rings is 1. The van der Waals surface area contributed by atoms with Crippen LogP contribution in [0.3, 0.4) is 0 Å². The maximum atomic E-state index is 12.4. The maximum absolute atomic E-state index is 12.4. The van der Waals surface area contributed by atoms with Gasteiger partial charge in [-0.05, 0) is 25.0 Å². The van der Waals surface area contributed by atoms with Gasteiger partial charge in [-0.3, -0.25) is 19.5 Å². The molecule has 2 aliphatic heterocycles. The van der Waals surface area contributed by atoms with Gasteiger partial charge in [0, 0.05) is 45.3 Å². The Labute approximate surface area is 166 Å². The Hall–Kier alpha value is -2.19. The number of rotatable bonds is 9. The number of hydrogen-bond donors (Lipinski definition) is 1. The molecule has 0 saturated carbocycles. The Morgan fingerprint density at radius 3 is 2.96 bits per heavy atom. The molecule has 1 N–H and O–H groups in total. The first-order valence-corrected chi connectivity index (χ1v) is 10.1. The molecule has 0 radical (unpaired) electrons. The van der Waals surface area contributed by atoms with Gasteiger partial charge in [0.15, 0.2) is 0 Å². The second-order valence-electron chi connectivity index (χ2n) is 7.21. The highest BCUT2D eigenvalue weighted by Crippen LogP contribution is 2.18. The monoisotopic (exact) mass is 390 g/mol. The summed E-state index contributed by atoms with van der Waals surface area (Å²) in [6.45, 7) is 6.52. The summed E-state index contributed by atoms with van der Waals surface area (Å²) >= 11 is 0. The van der Waals surface area contributed by atoms with Crippen LogP contribution in [0.5, 0.6) is 5.75 Å². The highest BCUT2D eigenvalue weighted by molar-refractivity contribution is 5.83. The lowest BCUT2D eigenvalue weighted by Gasteiger charge is -2.33. The molecule has 2 amide bonds. The molecule has 3 rings (SSSR count). The van der Waals surface area contributed by atoms with Crippen LogP contribution in [0.25, 0.3) is 0 Å². The summed E-state index contributed by atoms with van der Waals surface area (Å²) in [5.41, 5.74) is 0. The molecular formula is C20H30N4O4. The Bertz CT molecular complexity index is 622. The average Bonchev–Trinajstić information content (AvgIpc) is 2.74. The molecule has 2 saturated heterocycles. The van der Waals surface area contributed by atoms with E-state index in [1.807, 2.05) is 11.0 Å². The fourth-order valence-corrected chi connectivity index (χ4v) is 3.57. The van der Waals surface area contributed by atoms with Crippen LogP contribution in [0.15, 0.2) is 24.5 Å². The van der Waals surface area contributed by atoms with E-state index in [0.29, 0.717) is 44.8 Å². The van der Waals surface area contributed by atoms with Gasteiger partial charge in [0.05, 0.1) is 31.9 Å². The molecule has 2 fully saturated rings. The summed E-state index contributed by atoms with van der Waals surface area (Å²) in [7, 11) is 0. The van der Waals surface area contributed by atoms with E-state index in [1.54, 1.807) is 18.5 Å². The number of amides is 2. The van der Waals surface area contributed by atoms with Gasteiger partial charge in [-0.25, -0.2) is 0 Å². The minimum atomic E-state index is -0.139. The molecule has 28 heavy (non-hydrogen) atoms. The fraction of sp³-hybridized carbons (Fsp3) is 0.650. The van der Waals surface area contributed by atoms with Crippen molar-refractivity contribution in [2.45, 2.75) is 19.3 Å². The minimum Gasteiger partial charge on any atom is -0.490 e. The first-order valence-electron chi connectivity index (χ1n) is 10.1. The average molecular weight is 390 g/mol. The number of hydrogen-bond acceptors (Lipinski definition) is 6. The minimum absolute atomic E-state index is 0.000431. The van der Waals surface area contributed by atoms with Crippen LogP contribution < -0.4 is 10.1 Å². The molecule has 8 heteroatoms. The normalized spacial score (nSPS) is 20.8. The zero-order chi connectivity index (χ0) is 19.6. The van der Waals surface area contributed by atoms with Crippen LogP contribution in [-0.2, 0) is 14.3 Å². The number of nitrogens with one attached hydrogen (secondary N) is 1. The van der Waals surface area contributed by atoms with E-state index in [1.165, 1.54) is 0 Å². The molecule has 3 heterocycles. The van der Waals surface area contributed by atoms with Gasteiger partial charge >= 0.3 is 0 Å². The lowest BCUT2D eigenvalue weighted by atomic mass is 9.96. The van der Waals surface area contributed by atoms with Gasteiger partial charge in [0.25, 0.3) is 0 Å². The number of ether oxygens (including phenoxy) is 2. The van der Waals surface area contributed by atoms with Gasteiger partial charge < -0.3 is 19.7 Å². The number of likely N-dealkylation sites (tertiary alicyclic amines) is 1. The predicted octanol–water partition coefficient (Wildman–Crippen LogP) is 0.538. The van der Waals surface area contributed by atoms with E-state index in [0.717, 1.165) is 39.3 Å². The van der Waals surface area contributed by atoms with E-state index in [9.17, 15) is 9.59 Å². The smallest absolute Gasteiger partial charge is 0.225 e. The third-order valence-corrected chi connectivity index (χ3v) is 5.18. The van der Waals surface area contributed by atoms with Crippen LogP contribution in [-0.4, -0.2) is 85.7 Å².